The first-order valence-electron chi connectivity index (χ1n) is 9.90. The summed E-state index contributed by atoms with van der Waals surface area (Å²) < 4.78 is 58.6. The van der Waals surface area contributed by atoms with E-state index in [0.29, 0.717) is 17.0 Å². The van der Waals surface area contributed by atoms with Crippen molar-refractivity contribution in [2.45, 2.75) is 45.5 Å². The third-order valence-electron chi connectivity index (χ3n) is 5.03. The normalized spacial score (nSPS) is 13.6. The lowest BCUT2D eigenvalue weighted by Gasteiger charge is -2.12. The number of thiophene rings is 1. The molecule has 0 aromatic carbocycles. The molecule has 7 nitrogen and oxygen atoms in total. The lowest BCUT2D eigenvalue weighted by atomic mass is 9.95. The highest BCUT2D eigenvalue weighted by Gasteiger charge is 2.28. The van der Waals surface area contributed by atoms with Crippen molar-refractivity contribution in [2.24, 2.45) is 0 Å². The largest absolute Gasteiger partial charge is 0.462 e. The second-order valence-electron chi connectivity index (χ2n) is 7.10. The summed E-state index contributed by atoms with van der Waals surface area (Å²) in [4.78, 5) is 30.0. The Morgan fingerprint density at radius 2 is 1.94 bits per heavy atom. The van der Waals surface area contributed by atoms with Crippen molar-refractivity contribution in [1.82, 2.24) is 14.6 Å². The molecule has 0 saturated carbocycles. The van der Waals surface area contributed by atoms with E-state index in [1.165, 1.54) is 11.3 Å². The Labute approximate surface area is 183 Å². The SMILES string of the molecule is CCOC(=O)c1c(NC(=O)c2cc3nc(C(F)F)cc(C(F)F)n3n2)sc2c1CCCC2. The summed E-state index contributed by atoms with van der Waals surface area (Å²) in [6.45, 7) is 1.84. The van der Waals surface area contributed by atoms with Gasteiger partial charge in [0.05, 0.1) is 12.2 Å². The van der Waals surface area contributed by atoms with Gasteiger partial charge in [-0.1, -0.05) is 0 Å². The van der Waals surface area contributed by atoms with Crippen LogP contribution in [0, 0.1) is 0 Å². The Kier molecular flexibility index (Phi) is 6.13. The van der Waals surface area contributed by atoms with Crippen LogP contribution in [0.4, 0.5) is 22.6 Å². The van der Waals surface area contributed by atoms with E-state index in [1.54, 1.807) is 6.92 Å². The molecule has 4 rings (SSSR count). The van der Waals surface area contributed by atoms with Crippen molar-refractivity contribution in [1.29, 1.82) is 0 Å². The maximum atomic E-state index is 13.4. The van der Waals surface area contributed by atoms with Gasteiger partial charge in [-0.05, 0) is 44.2 Å². The maximum absolute atomic E-state index is 13.4. The number of fused-ring (bicyclic) bond motifs is 2. The molecule has 1 amide bonds. The summed E-state index contributed by atoms with van der Waals surface area (Å²) in [6, 6.07) is 1.61. The van der Waals surface area contributed by atoms with Crippen molar-refractivity contribution in [3.05, 3.63) is 45.2 Å². The minimum absolute atomic E-state index is 0.165. The summed E-state index contributed by atoms with van der Waals surface area (Å²) in [6.07, 6.45) is -2.84. The average Bonchev–Trinajstić information content (AvgIpc) is 3.34. The van der Waals surface area contributed by atoms with E-state index in [4.69, 9.17) is 4.74 Å². The molecule has 0 saturated heterocycles. The van der Waals surface area contributed by atoms with Crippen molar-refractivity contribution >= 4 is 33.9 Å². The molecule has 0 radical (unpaired) electrons. The van der Waals surface area contributed by atoms with Gasteiger partial charge in [-0.25, -0.2) is 31.9 Å². The number of rotatable bonds is 6. The fourth-order valence-electron chi connectivity index (χ4n) is 3.64. The molecular weight excluding hydrogens is 452 g/mol. The molecule has 3 heterocycles. The van der Waals surface area contributed by atoms with Crippen LogP contribution in [0.1, 0.15) is 75.3 Å². The number of ether oxygens (including phenoxy) is 1. The fraction of sp³-hybridized carbons (Fsp3) is 0.400. The molecule has 0 fully saturated rings. The number of halogens is 4. The van der Waals surface area contributed by atoms with Gasteiger partial charge in [-0.3, -0.25) is 4.79 Å². The van der Waals surface area contributed by atoms with Crippen molar-refractivity contribution in [3.8, 4) is 0 Å². The van der Waals surface area contributed by atoms with Gasteiger partial charge in [-0.2, -0.15) is 5.10 Å². The molecule has 0 aliphatic heterocycles. The summed E-state index contributed by atoms with van der Waals surface area (Å²) in [5.74, 6) is -1.33. The summed E-state index contributed by atoms with van der Waals surface area (Å²) in [7, 11) is 0. The van der Waals surface area contributed by atoms with Crippen LogP contribution in [0.15, 0.2) is 12.1 Å². The molecule has 0 atom stereocenters. The predicted molar refractivity (Wildman–Crippen MR) is 108 cm³/mol. The third-order valence-corrected chi connectivity index (χ3v) is 6.24. The molecule has 1 N–H and O–H groups in total. The van der Waals surface area contributed by atoms with E-state index < -0.39 is 36.1 Å². The Morgan fingerprint density at radius 1 is 1.19 bits per heavy atom. The lowest BCUT2D eigenvalue weighted by Crippen LogP contribution is -2.16. The number of aromatic nitrogens is 3. The molecule has 0 unspecified atom stereocenters. The lowest BCUT2D eigenvalue weighted by molar-refractivity contribution is 0.0526. The standard InChI is InChI=1S/C20H18F4N4O3S/c1-2-31-20(30)15-9-5-3-4-6-13(9)32-19(15)26-18(29)11-8-14-25-10(16(21)22)7-12(17(23)24)28(14)27-11/h7-8,16-17H,2-6H2,1H3,(H,26,29). The smallest absolute Gasteiger partial charge is 0.341 e. The van der Waals surface area contributed by atoms with Crippen LogP contribution in [0.25, 0.3) is 5.65 Å². The van der Waals surface area contributed by atoms with E-state index in [1.807, 2.05) is 0 Å². The Hall–Kier alpha value is -3.02. The van der Waals surface area contributed by atoms with Gasteiger partial charge in [0.2, 0.25) is 0 Å². The van der Waals surface area contributed by atoms with Crippen LogP contribution in [0.5, 0.6) is 0 Å². The van der Waals surface area contributed by atoms with Gasteiger partial charge in [0.25, 0.3) is 18.8 Å². The van der Waals surface area contributed by atoms with E-state index in [9.17, 15) is 27.2 Å². The fourth-order valence-corrected chi connectivity index (χ4v) is 4.91. The zero-order valence-electron chi connectivity index (χ0n) is 16.8. The first-order valence-corrected chi connectivity index (χ1v) is 10.7. The number of esters is 1. The molecule has 3 aromatic heterocycles. The molecule has 12 heteroatoms. The average molecular weight is 470 g/mol. The molecule has 170 valence electrons. The highest BCUT2D eigenvalue weighted by Crippen LogP contribution is 2.39. The van der Waals surface area contributed by atoms with Crippen LogP contribution < -0.4 is 5.32 Å². The van der Waals surface area contributed by atoms with Crippen LogP contribution >= 0.6 is 11.3 Å². The molecule has 0 spiro atoms. The van der Waals surface area contributed by atoms with Crippen LogP contribution in [0.2, 0.25) is 0 Å². The van der Waals surface area contributed by atoms with E-state index in [2.05, 4.69) is 15.4 Å². The molecular formula is C20H18F4N4O3S. The summed E-state index contributed by atoms with van der Waals surface area (Å²) >= 11 is 1.26. The van der Waals surface area contributed by atoms with Gasteiger partial charge < -0.3 is 10.1 Å². The molecule has 0 bridgehead atoms. The molecule has 1 aliphatic carbocycles. The Bertz CT molecular complexity index is 1190. The van der Waals surface area contributed by atoms with E-state index in [-0.39, 0.29) is 28.5 Å². The second kappa shape index (κ2) is 8.85. The van der Waals surface area contributed by atoms with Gasteiger partial charge in [-0.15, -0.1) is 11.3 Å². The molecule has 1 aliphatic rings. The van der Waals surface area contributed by atoms with Gasteiger partial charge in [0, 0.05) is 10.9 Å². The Morgan fingerprint density at radius 3 is 2.62 bits per heavy atom. The first kappa shape index (κ1) is 22.2. The minimum atomic E-state index is -3.10. The van der Waals surface area contributed by atoms with Gasteiger partial charge >= 0.3 is 5.97 Å². The van der Waals surface area contributed by atoms with Crippen LogP contribution in [-0.4, -0.2) is 33.1 Å². The highest BCUT2D eigenvalue weighted by molar-refractivity contribution is 7.17. The Balaban J connectivity index is 1.71. The molecule has 32 heavy (non-hydrogen) atoms. The quantitative estimate of drug-likeness (QED) is 0.406. The number of aryl methyl sites for hydroxylation is 1. The van der Waals surface area contributed by atoms with E-state index in [0.717, 1.165) is 35.8 Å². The van der Waals surface area contributed by atoms with Crippen molar-refractivity contribution in [2.75, 3.05) is 11.9 Å². The topological polar surface area (TPSA) is 85.6 Å². The number of amides is 1. The number of anilines is 1. The predicted octanol–water partition coefficient (Wildman–Crippen LogP) is 4.97. The monoisotopic (exact) mass is 470 g/mol. The number of nitrogens with zero attached hydrogens (tertiary/aromatic N) is 3. The summed E-state index contributed by atoms with van der Waals surface area (Å²) in [5, 5.41) is 6.72. The number of hydrogen-bond acceptors (Lipinski definition) is 6. The second-order valence-corrected chi connectivity index (χ2v) is 8.20. The zero-order chi connectivity index (χ0) is 23.0. The van der Waals surface area contributed by atoms with Crippen molar-refractivity contribution in [3.63, 3.8) is 0 Å². The van der Waals surface area contributed by atoms with E-state index >= 15 is 0 Å². The third kappa shape index (κ3) is 4.06. The van der Waals surface area contributed by atoms with Crippen LogP contribution in [0.3, 0.4) is 0 Å². The first-order chi connectivity index (χ1) is 15.3. The maximum Gasteiger partial charge on any atom is 0.341 e. The number of nitrogens with one attached hydrogen (secondary N) is 1. The minimum Gasteiger partial charge on any atom is -0.462 e. The number of alkyl halides is 4. The van der Waals surface area contributed by atoms with Gasteiger partial charge in [0.15, 0.2) is 11.3 Å². The highest BCUT2D eigenvalue weighted by atomic mass is 32.1. The zero-order valence-corrected chi connectivity index (χ0v) is 17.6. The van der Waals surface area contributed by atoms with Gasteiger partial charge in [0.1, 0.15) is 16.4 Å². The molecule has 3 aromatic rings. The number of carbonyl (C=O) groups excluding carboxylic acids is 2. The number of hydrogen-bond donors (Lipinski definition) is 1. The number of carbonyl (C=O) groups is 2. The van der Waals surface area contributed by atoms with Crippen molar-refractivity contribution < 1.29 is 31.9 Å². The van der Waals surface area contributed by atoms with Crippen LogP contribution in [-0.2, 0) is 17.6 Å². The summed E-state index contributed by atoms with van der Waals surface area (Å²) in [5.41, 5.74) is -1.12.